The van der Waals surface area contributed by atoms with Crippen LogP contribution in [0.5, 0.6) is 0 Å². The fourth-order valence-corrected chi connectivity index (χ4v) is 3.10. The van der Waals surface area contributed by atoms with Gasteiger partial charge in [-0.05, 0) is 30.2 Å². The largest absolute Gasteiger partial charge is 0.469 e. The SMILES string of the molecule is COC(=O)CCCN1C(=O)/C(=C/c2ccncc2)SC1=S. The summed E-state index contributed by atoms with van der Waals surface area (Å²) < 4.78 is 5.09. The maximum absolute atomic E-state index is 12.3. The lowest BCUT2D eigenvalue weighted by atomic mass is 10.2. The highest BCUT2D eigenvalue weighted by atomic mass is 32.2. The van der Waals surface area contributed by atoms with E-state index in [0.717, 1.165) is 5.56 Å². The fraction of sp³-hybridized carbons (Fsp3) is 0.286. The molecular weight excluding hydrogens is 308 g/mol. The molecule has 2 rings (SSSR count). The number of carbonyl (C=O) groups excluding carboxylic acids is 2. The summed E-state index contributed by atoms with van der Waals surface area (Å²) in [4.78, 5) is 29.4. The van der Waals surface area contributed by atoms with Crippen molar-refractivity contribution in [3.8, 4) is 0 Å². The molecule has 1 amide bonds. The molecule has 0 unspecified atom stereocenters. The molecule has 2 heterocycles. The summed E-state index contributed by atoms with van der Waals surface area (Å²) in [6, 6.07) is 3.65. The summed E-state index contributed by atoms with van der Waals surface area (Å²) in [7, 11) is 1.35. The van der Waals surface area contributed by atoms with Crippen LogP contribution in [0.15, 0.2) is 29.4 Å². The maximum Gasteiger partial charge on any atom is 0.305 e. The van der Waals surface area contributed by atoms with Crippen molar-refractivity contribution < 1.29 is 14.3 Å². The van der Waals surface area contributed by atoms with Gasteiger partial charge < -0.3 is 4.74 Å². The molecule has 1 aromatic heterocycles. The molecule has 5 nitrogen and oxygen atoms in total. The zero-order valence-corrected chi connectivity index (χ0v) is 13.1. The summed E-state index contributed by atoms with van der Waals surface area (Å²) >= 11 is 6.49. The van der Waals surface area contributed by atoms with Gasteiger partial charge in [-0.25, -0.2) is 0 Å². The average Bonchev–Trinajstić information content (AvgIpc) is 2.75. The summed E-state index contributed by atoms with van der Waals surface area (Å²) in [5, 5.41) is 0. The Morgan fingerprint density at radius 3 is 2.86 bits per heavy atom. The van der Waals surface area contributed by atoms with Crippen LogP contribution in [-0.2, 0) is 14.3 Å². The molecule has 1 aliphatic rings. The zero-order valence-electron chi connectivity index (χ0n) is 11.4. The molecular formula is C14H14N2O3S2. The minimum Gasteiger partial charge on any atom is -0.469 e. The smallest absolute Gasteiger partial charge is 0.305 e. The van der Waals surface area contributed by atoms with Crippen LogP contribution in [0.4, 0.5) is 0 Å². The van der Waals surface area contributed by atoms with Crippen molar-refractivity contribution in [3.63, 3.8) is 0 Å². The lowest BCUT2D eigenvalue weighted by molar-refractivity contribution is -0.141. The predicted molar refractivity (Wildman–Crippen MR) is 85.4 cm³/mol. The van der Waals surface area contributed by atoms with Crippen LogP contribution in [0, 0.1) is 0 Å². The van der Waals surface area contributed by atoms with E-state index in [0.29, 0.717) is 22.2 Å². The van der Waals surface area contributed by atoms with Crippen LogP contribution in [0.25, 0.3) is 6.08 Å². The van der Waals surface area contributed by atoms with Crippen LogP contribution in [0.2, 0.25) is 0 Å². The van der Waals surface area contributed by atoms with E-state index in [4.69, 9.17) is 12.2 Å². The van der Waals surface area contributed by atoms with Gasteiger partial charge in [-0.2, -0.15) is 0 Å². The molecule has 0 aromatic carbocycles. The number of pyridine rings is 1. The van der Waals surface area contributed by atoms with E-state index in [2.05, 4.69) is 9.72 Å². The van der Waals surface area contributed by atoms with Crippen molar-refractivity contribution in [2.45, 2.75) is 12.8 Å². The number of nitrogens with zero attached hydrogens (tertiary/aromatic N) is 2. The number of carbonyl (C=O) groups is 2. The molecule has 1 saturated heterocycles. The summed E-state index contributed by atoms with van der Waals surface area (Å²) in [5.41, 5.74) is 0.903. The first-order chi connectivity index (χ1) is 10.1. The second-order valence-corrected chi connectivity index (χ2v) is 5.97. The molecule has 7 heteroatoms. The Balaban J connectivity index is 2.00. The number of hydrogen-bond acceptors (Lipinski definition) is 6. The predicted octanol–water partition coefficient (Wildman–Crippen LogP) is 2.24. The number of methoxy groups -OCH3 is 1. The molecule has 0 radical (unpaired) electrons. The quantitative estimate of drug-likeness (QED) is 0.471. The normalized spacial score (nSPS) is 16.6. The van der Waals surface area contributed by atoms with Gasteiger partial charge in [0, 0.05) is 25.4 Å². The van der Waals surface area contributed by atoms with Crippen molar-refractivity contribution in [3.05, 3.63) is 35.0 Å². The summed E-state index contributed by atoms with van der Waals surface area (Å²) in [6.07, 6.45) is 5.94. The zero-order chi connectivity index (χ0) is 15.2. The molecule has 0 N–H and O–H groups in total. The average molecular weight is 322 g/mol. The molecule has 0 spiro atoms. The minimum atomic E-state index is -0.284. The highest BCUT2D eigenvalue weighted by Crippen LogP contribution is 2.32. The second kappa shape index (κ2) is 7.33. The van der Waals surface area contributed by atoms with Gasteiger partial charge >= 0.3 is 5.97 Å². The lowest BCUT2D eigenvalue weighted by Crippen LogP contribution is -2.29. The summed E-state index contributed by atoms with van der Waals surface area (Å²) in [6.45, 7) is 0.424. The molecule has 21 heavy (non-hydrogen) atoms. The van der Waals surface area contributed by atoms with Crippen molar-refractivity contribution in [2.75, 3.05) is 13.7 Å². The van der Waals surface area contributed by atoms with Crippen molar-refractivity contribution >= 4 is 46.3 Å². The molecule has 110 valence electrons. The topological polar surface area (TPSA) is 59.5 Å². The van der Waals surface area contributed by atoms with E-state index in [1.54, 1.807) is 18.5 Å². The number of thioether (sulfide) groups is 1. The van der Waals surface area contributed by atoms with Crippen LogP contribution in [0.3, 0.4) is 0 Å². The van der Waals surface area contributed by atoms with E-state index < -0.39 is 0 Å². The van der Waals surface area contributed by atoms with E-state index in [-0.39, 0.29) is 18.3 Å². The highest BCUT2D eigenvalue weighted by molar-refractivity contribution is 8.26. The number of amides is 1. The number of ether oxygens (including phenoxy) is 1. The molecule has 0 aliphatic carbocycles. The van der Waals surface area contributed by atoms with Crippen molar-refractivity contribution in [1.29, 1.82) is 0 Å². The second-order valence-electron chi connectivity index (χ2n) is 4.29. The summed E-state index contributed by atoms with van der Waals surface area (Å²) in [5.74, 6) is -0.403. The van der Waals surface area contributed by atoms with Gasteiger partial charge in [0.15, 0.2) is 0 Å². The molecule has 0 saturated carbocycles. The third kappa shape index (κ3) is 4.12. The van der Waals surface area contributed by atoms with E-state index in [1.807, 2.05) is 12.1 Å². The number of esters is 1. The molecule has 1 aromatic rings. The van der Waals surface area contributed by atoms with Gasteiger partial charge in [-0.3, -0.25) is 19.5 Å². The van der Waals surface area contributed by atoms with Crippen LogP contribution in [-0.4, -0.2) is 39.7 Å². The van der Waals surface area contributed by atoms with Crippen molar-refractivity contribution in [1.82, 2.24) is 9.88 Å². The van der Waals surface area contributed by atoms with E-state index in [1.165, 1.54) is 23.8 Å². The van der Waals surface area contributed by atoms with Crippen LogP contribution < -0.4 is 0 Å². The number of rotatable bonds is 5. The van der Waals surface area contributed by atoms with Crippen LogP contribution in [0.1, 0.15) is 18.4 Å². The Morgan fingerprint density at radius 2 is 2.19 bits per heavy atom. The maximum atomic E-state index is 12.3. The van der Waals surface area contributed by atoms with Gasteiger partial charge in [0.1, 0.15) is 4.32 Å². The monoisotopic (exact) mass is 322 g/mol. The van der Waals surface area contributed by atoms with Gasteiger partial charge in [0.25, 0.3) is 5.91 Å². The minimum absolute atomic E-state index is 0.119. The van der Waals surface area contributed by atoms with E-state index >= 15 is 0 Å². The first-order valence-electron chi connectivity index (χ1n) is 6.34. The Labute approximate surface area is 132 Å². The first-order valence-corrected chi connectivity index (χ1v) is 7.56. The molecule has 0 atom stereocenters. The van der Waals surface area contributed by atoms with Crippen LogP contribution >= 0.6 is 24.0 Å². The lowest BCUT2D eigenvalue weighted by Gasteiger charge is -2.13. The van der Waals surface area contributed by atoms with E-state index in [9.17, 15) is 9.59 Å². The van der Waals surface area contributed by atoms with Gasteiger partial charge in [-0.15, -0.1) is 0 Å². The first kappa shape index (κ1) is 15.7. The Kier molecular flexibility index (Phi) is 5.46. The van der Waals surface area contributed by atoms with Crippen molar-refractivity contribution in [2.24, 2.45) is 0 Å². The third-order valence-corrected chi connectivity index (χ3v) is 4.25. The Hall–Kier alpha value is -1.73. The van der Waals surface area contributed by atoms with Gasteiger partial charge in [0.05, 0.1) is 12.0 Å². The Bertz CT molecular complexity index is 587. The Morgan fingerprint density at radius 1 is 1.48 bits per heavy atom. The number of thiocarbonyl (C=S) groups is 1. The fourth-order valence-electron chi connectivity index (χ4n) is 1.79. The molecule has 1 aliphatic heterocycles. The number of hydrogen-bond donors (Lipinski definition) is 0. The molecule has 0 bridgehead atoms. The molecule has 1 fully saturated rings. The third-order valence-electron chi connectivity index (χ3n) is 2.87. The number of aromatic nitrogens is 1. The van der Waals surface area contributed by atoms with Gasteiger partial charge in [0.2, 0.25) is 0 Å². The highest BCUT2D eigenvalue weighted by Gasteiger charge is 2.31. The van der Waals surface area contributed by atoms with Gasteiger partial charge in [-0.1, -0.05) is 24.0 Å². The standard InChI is InChI=1S/C14H14N2O3S2/c1-19-12(17)3-2-8-16-13(18)11(21-14(16)20)9-10-4-6-15-7-5-10/h4-7,9H,2-3,8H2,1H3/b11-9-.